The van der Waals surface area contributed by atoms with E-state index >= 15 is 0 Å². The Morgan fingerprint density at radius 1 is 1.45 bits per heavy atom. The maximum absolute atomic E-state index is 12.3. The van der Waals surface area contributed by atoms with Crippen molar-refractivity contribution in [3.05, 3.63) is 11.9 Å². The van der Waals surface area contributed by atoms with Gasteiger partial charge in [-0.15, -0.1) is 0 Å². The van der Waals surface area contributed by atoms with E-state index in [2.05, 4.69) is 10.4 Å². The van der Waals surface area contributed by atoms with Crippen molar-refractivity contribution in [2.24, 2.45) is 0 Å². The summed E-state index contributed by atoms with van der Waals surface area (Å²) >= 11 is 0. The second-order valence-electron chi connectivity index (χ2n) is 5.72. The second-order valence-corrected chi connectivity index (χ2v) is 5.72. The van der Waals surface area contributed by atoms with Gasteiger partial charge in [0.05, 0.1) is 18.4 Å². The summed E-state index contributed by atoms with van der Waals surface area (Å²) in [6.07, 6.45) is 1.44. The summed E-state index contributed by atoms with van der Waals surface area (Å²) in [5, 5.41) is 6.83. The van der Waals surface area contributed by atoms with Crippen LogP contribution in [0.1, 0.15) is 38.2 Å². The number of aromatic nitrogens is 2. The zero-order valence-corrected chi connectivity index (χ0v) is 12.7. The first kappa shape index (κ1) is 16.0. The summed E-state index contributed by atoms with van der Waals surface area (Å²) in [6.45, 7) is 8.05. The number of nitrogen functional groups attached to an aromatic ring is 1. The number of anilines is 1. The normalized spacial score (nSPS) is 11.2. The minimum atomic E-state index is -0.328. The van der Waals surface area contributed by atoms with Crippen LogP contribution in [0.15, 0.2) is 6.20 Å². The Balaban J connectivity index is 2.77. The van der Waals surface area contributed by atoms with Crippen LogP contribution in [-0.2, 0) is 11.3 Å². The van der Waals surface area contributed by atoms with Gasteiger partial charge >= 0.3 is 0 Å². The maximum atomic E-state index is 12.3. The van der Waals surface area contributed by atoms with Gasteiger partial charge in [0.15, 0.2) is 0 Å². The minimum absolute atomic E-state index is 0.0234. The highest BCUT2D eigenvalue weighted by Crippen LogP contribution is 2.13. The van der Waals surface area contributed by atoms with Crippen molar-refractivity contribution < 1.29 is 9.59 Å². The number of carbonyl (C=O) groups is 2. The smallest absolute Gasteiger partial charge is 0.274 e. The van der Waals surface area contributed by atoms with Crippen LogP contribution in [0.2, 0.25) is 0 Å². The fourth-order valence-corrected chi connectivity index (χ4v) is 1.80. The largest absolute Gasteiger partial charge is 0.396 e. The molecule has 0 spiro atoms. The molecule has 0 bridgehead atoms. The molecule has 2 amide bonds. The minimum Gasteiger partial charge on any atom is -0.396 e. The van der Waals surface area contributed by atoms with E-state index in [4.69, 9.17) is 5.73 Å². The summed E-state index contributed by atoms with van der Waals surface area (Å²) in [6, 6.07) is 0. The van der Waals surface area contributed by atoms with Crippen molar-refractivity contribution in [3.8, 4) is 0 Å². The van der Waals surface area contributed by atoms with Crippen LogP contribution < -0.4 is 11.1 Å². The molecular formula is C13H23N5O2. The van der Waals surface area contributed by atoms with Gasteiger partial charge in [-0.3, -0.25) is 14.3 Å². The van der Waals surface area contributed by atoms with Gasteiger partial charge in [0.2, 0.25) is 5.91 Å². The standard InChI is InChI=1S/C13H23N5O2/c1-6-18-11(9(14)7-15-18)12(20)17(5)8-10(19)16-13(2,3)4/h7H,6,8,14H2,1-5H3,(H,16,19). The van der Waals surface area contributed by atoms with Gasteiger partial charge in [0, 0.05) is 19.1 Å². The molecule has 0 radical (unpaired) electrons. The first-order valence-electron chi connectivity index (χ1n) is 6.53. The fraction of sp³-hybridized carbons (Fsp3) is 0.615. The van der Waals surface area contributed by atoms with Crippen LogP contribution in [0.4, 0.5) is 5.69 Å². The number of hydrogen-bond donors (Lipinski definition) is 2. The summed E-state index contributed by atoms with van der Waals surface area (Å²) in [5.74, 6) is -0.527. The zero-order chi connectivity index (χ0) is 15.5. The van der Waals surface area contributed by atoms with Crippen LogP contribution in [0, 0.1) is 0 Å². The zero-order valence-electron chi connectivity index (χ0n) is 12.7. The van der Waals surface area contributed by atoms with Crippen molar-refractivity contribution in [3.63, 3.8) is 0 Å². The maximum Gasteiger partial charge on any atom is 0.274 e. The lowest BCUT2D eigenvalue weighted by Gasteiger charge is -2.23. The molecule has 0 unspecified atom stereocenters. The molecule has 0 atom stereocenters. The van der Waals surface area contributed by atoms with Crippen LogP contribution in [0.5, 0.6) is 0 Å². The molecule has 3 N–H and O–H groups in total. The third kappa shape index (κ3) is 3.97. The van der Waals surface area contributed by atoms with Crippen LogP contribution in [-0.4, -0.2) is 45.6 Å². The van der Waals surface area contributed by atoms with Crippen molar-refractivity contribution in [1.29, 1.82) is 0 Å². The molecule has 7 heteroatoms. The quantitative estimate of drug-likeness (QED) is 0.839. The van der Waals surface area contributed by atoms with E-state index in [1.807, 2.05) is 27.7 Å². The lowest BCUT2D eigenvalue weighted by Crippen LogP contribution is -2.46. The monoisotopic (exact) mass is 281 g/mol. The number of carbonyl (C=O) groups excluding carboxylic acids is 2. The summed E-state index contributed by atoms with van der Waals surface area (Å²) in [7, 11) is 1.57. The molecule has 0 aliphatic heterocycles. The first-order chi connectivity index (χ1) is 9.15. The van der Waals surface area contributed by atoms with Gasteiger partial charge in [-0.2, -0.15) is 5.10 Å². The highest BCUT2D eigenvalue weighted by atomic mass is 16.2. The predicted molar refractivity (Wildman–Crippen MR) is 77.2 cm³/mol. The molecule has 20 heavy (non-hydrogen) atoms. The first-order valence-corrected chi connectivity index (χ1v) is 6.53. The average Bonchev–Trinajstić information content (AvgIpc) is 2.66. The van der Waals surface area contributed by atoms with E-state index in [0.717, 1.165) is 0 Å². The van der Waals surface area contributed by atoms with Crippen molar-refractivity contribution in [1.82, 2.24) is 20.0 Å². The Morgan fingerprint density at radius 2 is 2.05 bits per heavy atom. The number of nitrogens with zero attached hydrogens (tertiary/aromatic N) is 3. The predicted octanol–water partition coefficient (Wildman–Crippen LogP) is 0.472. The van der Waals surface area contributed by atoms with Crippen molar-refractivity contribution in [2.45, 2.75) is 39.8 Å². The Hall–Kier alpha value is -2.05. The Labute approximate surface area is 119 Å². The van der Waals surface area contributed by atoms with E-state index in [-0.39, 0.29) is 23.9 Å². The molecule has 0 saturated heterocycles. The molecule has 112 valence electrons. The summed E-state index contributed by atoms with van der Waals surface area (Å²) in [4.78, 5) is 25.5. The number of nitrogens with two attached hydrogens (primary N) is 1. The van der Waals surface area contributed by atoms with Gasteiger partial charge in [-0.25, -0.2) is 0 Å². The average molecular weight is 281 g/mol. The van der Waals surface area contributed by atoms with Crippen LogP contribution in [0.25, 0.3) is 0 Å². The SMILES string of the molecule is CCn1ncc(N)c1C(=O)N(C)CC(=O)NC(C)(C)C. The number of rotatable bonds is 4. The molecule has 0 aromatic carbocycles. The molecule has 7 nitrogen and oxygen atoms in total. The lowest BCUT2D eigenvalue weighted by molar-refractivity contribution is -0.122. The molecule has 0 aliphatic rings. The van der Waals surface area contributed by atoms with Crippen molar-refractivity contribution in [2.75, 3.05) is 19.3 Å². The highest BCUT2D eigenvalue weighted by molar-refractivity contribution is 5.99. The second kappa shape index (κ2) is 5.94. The number of hydrogen-bond acceptors (Lipinski definition) is 4. The van der Waals surface area contributed by atoms with Gasteiger partial charge < -0.3 is 16.0 Å². The van der Waals surface area contributed by atoms with Gasteiger partial charge in [-0.1, -0.05) is 0 Å². The Morgan fingerprint density at radius 3 is 2.55 bits per heavy atom. The van der Waals surface area contributed by atoms with E-state index in [1.54, 1.807) is 7.05 Å². The number of aryl methyl sites for hydroxylation is 1. The van der Waals surface area contributed by atoms with Crippen LogP contribution >= 0.6 is 0 Å². The molecule has 0 saturated carbocycles. The third-order valence-corrected chi connectivity index (χ3v) is 2.61. The molecule has 1 rings (SSSR count). The highest BCUT2D eigenvalue weighted by Gasteiger charge is 2.23. The molecule has 0 aliphatic carbocycles. The number of nitrogens with one attached hydrogen (secondary N) is 1. The molecule has 1 heterocycles. The van der Waals surface area contributed by atoms with Crippen LogP contribution in [0.3, 0.4) is 0 Å². The summed E-state index contributed by atoms with van der Waals surface area (Å²) in [5.41, 5.74) is 6.07. The van der Waals surface area contributed by atoms with E-state index in [1.165, 1.54) is 15.8 Å². The molecule has 0 fully saturated rings. The number of likely N-dealkylation sites (N-methyl/N-ethyl adjacent to an activating group) is 1. The van der Waals surface area contributed by atoms with Gasteiger partial charge in [0.1, 0.15) is 5.69 Å². The molecule has 1 aromatic heterocycles. The van der Waals surface area contributed by atoms with Gasteiger partial charge in [0.25, 0.3) is 5.91 Å². The van der Waals surface area contributed by atoms with Crippen molar-refractivity contribution >= 4 is 17.5 Å². The Kier molecular flexibility index (Phi) is 4.75. The third-order valence-electron chi connectivity index (χ3n) is 2.61. The number of amides is 2. The summed E-state index contributed by atoms with van der Waals surface area (Å²) < 4.78 is 1.52. The Bertz CT molecular complexity index is 501. The molecular weight excluding hydrogens is 258 g/mol. The lowest BCUT2D eigenvalue weighted by atomic mass is 10.1. The van der Waals surface area contributed by atoms with Gasteiger partial charge in [-0.05, 0) is 27.7 Å². The van der Waals surface area contributed by atoms with E-state index in [9.17, 15) is 9.59 Å². The van der Waals surface area contributed by atoms with E-state index < -0.39 is 0 Å². The molecule has 1 aromatic rings. The topological polar surface area (TPSA) is 93.2 Å². The fourth-order valence-electron chi connectivity index (χ4n) is 1.80. The van der Waals surface area contributed by atoms with E-state index in [0.29, 0.717) is 17.9 Å².